The molecular weight excluding hydrogens is 407 g/mol. The average Bonchev–Trinajstić information content (AvgIpc) is 3.46. The van der Waals surface area contributed by atoms with Gasteiger partial charge in [0.1, 0.15) is 22.9 Å². The second-order valence-corrected chi connectivity index (χ2v) is 7.29. The monoisotopic (exact) mass is 426 g/mol. The molecule has 32 heavy (non-hydrogen) atoms. The summed E-state index contributed by atoms with van der Waals surface area (Å²) in [6.45, 7) is 2.13. The molecule has 0 atom stereocenters. The number of esters is 1. The van der Waals surface area contributed by atoms with Crippen LogP contribution in [0.15, 0.2) is 83.4 Å². The normalized spacial score (nSPS) is 11.1. The molecule has 0 spiro atoms. The van der Waals surface area contributed by atoms with Crippen LogP contribution in [0.4, 0.5) is 4.39 Å². The lowest BCUT2D eigenvalue weighted by atomic mass is 10.0. The predicted octanol–water partition coefficient (Wildman–Crippen LogP) is 6.47. The van der Waals surface area contributed by atoms with Crippen molar-refractivity contribution in [2.45, 2.75) is 6.92 Å². The lowest BCUT2D eigenvalue weighted by Gasteiger charge is -2.04. The molecule has 2 heterocycles. The molecule has 0 unspecified atom stereocenters. The topological polar surface area (TPSA) is 68.1 Å². The summed E-state index contributed by atoms with van der Waals surface area (Å²) in [6.07, 6.45) is 1.63. The molecule has 5 aromatic rings. The minimum absolute atomic E-state index is 0.330. The smallest absolute Gasteiger partial charge is 0.338 e. The Bertz CT molecular complexity index is 1420. The van der Waals surface area contributed by atoms with Crippen LogP contribution < -0.4 is 0 Å². The Hall–Kier alpha value is -4.19. The van der Waals surface area contributed by atoms with E-state index in [2.05, 4.69) is 9.97 Å². The Morgan fingerprint density at radius 1 is 1.03 bits per heavy atom. The molecule has 0 aliphatic heterocycles. The molecule has 5 nitrogen and oxygen atoms in total. The van der Waals surface area contributed by atoms with Crippen LogP contribution in [-0.2, 0) is 4.74 Å². The molecule has 0 fully saturated rings. The number of aromatic nitrogens is 2. The van der Waals surface area contributed by atoms with E-state index in [1.54, 1.807) is 43.5 Å². The molecule has 2 aromatic heterocycles. The standard InChI is InChI=1S/C26H19FN2O3/c1-2-31-26(30)17-9-7-16(8-10-17)18-11-12-23-19(13-18)14-24(32-23)22-15-28-25(29-22)20-5-3-4-6-21(20)27/h3-15H,2H2,1H3,(H,28,29). The van der Waals surface area contributed by atoms with Crippen molar-refractivity contribution >= 4 is 16.9 Å². The largest absolute Gasteiger partial charge is 0.462 e. The number of fused-ring (bicyclic) bond motifs is 1. The zero-order valence-corrected chi connectivity index (χ0v) is 17.3. The zero-order valence-electron chi connectivity index (χ0n) is 17.3. The lowest BCUT2D eigenvalue weighted by molar-refractivity contribution is 0.0526. The minimum atomic E-state index is -0.336. The Kier molecular flexibility index (Phi) is 5.03. The fourth-order valence-electron chi connectivity index (χ4n) is 3.61. The van der Waals surface area contributed by atoms with Crippen LogP contribution >= 0.6 is 0 Å². The van der Waals surface area contributed by atoms with Gasteiger partial charge in [0, 0.05) is 5.39 Å². The third-order valence-corrected chi connectivity index (χ3v) is 5.22. The van der Waals surface area contributed by atoms with E-state index >= 15 is 0 Å². The summed E-state index contributed by atoms with van der Waals surface area (Å²) < 4.78 is 25.1. The number of hydrogen-bond donors (Lipinski definition) is 1. The number of rotatable bonds is 5. The van der Waals surface area contributed by atoms with Gasteiger partial charge in [-0.25, -0.2) is 14.2 Å². The number of nitrogens with zero attached hydrogens (tertiary/aromatic N) is 1. The van der Waals surface area contributed by atoms with Crippen molar-refractivity contribution in [3.8, 4) is 34.0 Å². The third-order valence-electron chi connectivity index (χ3n) is 5.22. The van der Waals surface area contributed by atoms with Gasteiger partial charge in [0.15, 0.2) is 5.76 Å². The summed E-state index contributed by atoms with van der Waals surface area (Å²) >= 11 is 0. The number of benzene rings is 3. The predicted molar refractivity (Wildman–Crippen MR) is 121 cm³/mol. The van der Waals surface area contributed by atoms with E-state index in [0.717, 1.165) is 22.1 Å². The van der Waals surface area contributed by atoms with Crippen LogP contribution in [0, 0.1) is 5.82 Å². The van der Waals surface area contributed by atoms with Gasteiger partial charge in [-0.05, 0) is 60.5 Å². The summed E-state index contributed by atoms with van der Waals surface area (Å²) in [5, 5.41) is 0.925. The molecule has 0 amide bonds. The van der Waals surface area contributed by atoms with E-state index in [1.807, 2.05) is 36.4 Å². The first-order chi connectivity index (χ1) is 15.6. The van der Waals surface area contributed by atoms with E-state index in [0.29, 0.717) is 35.0 Å². The molecule has 3 aromatic carbocycles. The Morgan fingerprint density at radius 3 is 2.59 bits per heavy atom. The van der Waals surface area contributed by atoms with Crippen LogP contribution in [0.25, 0.3) is 44.9 Å². The lowest BCUT2D eigenvalue weighted by Crippen LogP contribution is -2.03. The highest BCUT2D eigenvalue weighted by Crippen LogP contribution is 2.32. The number of furan rings is 1. The molecule has 0 saturated carbocycles. The zero-order chi connectivity index (χ0) is 22.1. The summed E-state index contributed by atoms with van der Waals surface area (Å²) in [4.78, 5) is 19.3. The maximum absolute atomic E-state index is 14.1. The molecule has 0 bridgehead atoms. The van der Waals surface area contributed by atoms with Gasteiger partial charge in [-0.15, -0.1) is 0 Å². The molecule has 0 aliphatic carbocycles. The van der Waals surface area contributed by atoms with Crippen molar-refractivity contribution in [1.82, 2.24) is 9.97 Å². The quantitative estimate of drug-likeness (QED) is 0.327. The molecule has 6 heteroatoms. The van der Waals surface area contributed by atoms with Crippen molar-refractivity contribution in [2.24, 2.45) is 0 Å². The molecule has 1 N–H and O–H groups in total. The molecule has 5 rings (SSSR count). The number of H-pyrrole nitrogens is 1. The number of imidazole rings is 1. The first kappa shape index (κ1) is 19.8. The van der Waals surface area contributed by atoms with Gasteiger partial charge < -0.3 is 14.1 Å². The van der Waals surface area contributed by atoms with Crippen LogP contribution in [0.3, 0.4) is 0 Å². The van der Waals surface area contributed by atoms with Gasteiger partial charge in [-0.3, -0.25) is 0 Å². The van der Waals surface area contributed by atoms with Crippen molar-refractivity contribution in [1.29, 1.82) is 0 Å². The Morgan fingerprint density at radius 2 is 1.81 bits per heavy atom. The molecular formula is C26H19FN2O3. The number of carbonyl (C=O) groups is 1. The van der Waals surface area contributed by atoms with Crippen LogP contribution in [-0.4, -0.2) is 22.5 Å². The van der Waals surface area contributed by atoms with Gasteiger partial charge in [-0.2, -0.15) is 0 Å². The van der Waals surface area contributed by atoms with Crippen LogP contribution in [0.2, 0.25) is 0 Å². The maximum atomic E-state index is 14.1. The first-order valence-electron chi connectivity index (χ1n) is 10.2. The number of nitrogens with one attached hydrogen (secondary N) is 1. The average molecular weight is 426 g/mol. The number of hydrogen-bond acceptors (Lipinski definition) is 4. The summed E-state index contributed by atoms with van der Waals surface area (Å²) in [6, 6.07) is 21.6. The van der Waals surface area contributed by atoms with Crippen molar-refractivity contribution < 1.29 is 18.3 Å². The highest BCUT2D eigenvalue weighted by molar-refractivity contribution is 5.91. The van der Waals surface area contributed by atoms with Crippen LogP contribution in [0.5, 0.6) is 0 Å². The molecule has 158 valence electrons. The maximum Gasteiger partial charge on any atom is 0.338 e. The molecule has 0 aliphatic rings. The second-order valence-electron chi connectivity index (χ2n) is 7.29. The number of ether oxygens (including phenoxy) is 1. The van der Waals surface area contributed by atoms with Gasteiger partial charge >= 0.3 is 5.97 Å². The number of halogens is 1. The van der Waals surface area contributed by atoms with E-state index in [1.165, 1.54) is 6.07 Å². The third kappa shape index (κ3) is 3.67. The highest BCUT2D eigenvalue weighted by atomic mass is 19.1. The van der Waals surface area contributed by atoms with E-state index in [9.17, 15) is 9.18 Å². The second kappa shape index (κ2) is 8.15. The van der Waals surface area contributed by atoms with E-state index < -0.39 is 0 Å². The van der Waals surface area contributed by atoms with E-state index in [-0.39, 0.29) is 11.8 Å². The summed E-state index contributed by atoms with van der Waals surface area (Å²) in [5.41, 5.74) is 4.30. The van der Waals surface area contributed by atoms with Gasteiger partial charge in [-0.1, -0.05) is 30.3 Å². The minimum Gasteiger partial charge on any atom is -0.462 e. The first-order valence-corrected chi connectivity index (χ1v) is 10.2. The fourth-order valence-corrected chi connectivity index (χ4v) is 3.61. The molecule has 0 saturated heterocycles. The van der Waals surface area contributed by atoms with Crippen LogP contribution in [0.1, 0.15) is 17.3 Å². The van der Waals surface area contributed by atoms with Crippen molar-refractivity contribution in [3.63, 3.8) is 0 Å². The number of aromatic amines is 1. The van der Waals surface area contributed by atoms with E-state index in [4.69, 9.17) is 9.15 Å². The van der Waals surface area contributed by atoms with Crippen molar-refractivity contribution in [3.05, 3.63) is 90.4 Å². The Labute approximate surface area is 183 Å². The summed E-state index contributed by atoms with van der Waals surface area (Å²) in [7, 11) is 0. The van der Waals surface area contributed by atoms with Crippen molar-refractivity contribution in [2.75, 3.05) is 6.61 Å². The Balaban J connectivity index is 1.44. The SMILES string of the molecule is CCOC(=O)c1ccc(-c2ccc3oc(-c4cnc(-c5ccccc5F)[nH]4)cc3c2)cc1. The van der Waals surface area contributed by atoms with Gasteiger partial charge in [0.2, 0.25) is 0 Å². The number of carbonyl (C=O) groups excluding carboxylic acids is 1. The van der Waals surface area contributed by atoms with Gasteiger partial charge in [0.05, 0.1) is 23.9 Å². The highest BCUT2D eigenvalue weighted by Gasteiger charge is 2.13. The van der Waals surface area contributed by atoms with Gasteiger partial charge in [0.25, 0.3) is 0 Å². The fraction of sp³-hybridized carbons (Fsp3) is 0.0769. The summed E-state index contributed by atoms with van der Waals surface area (Å²) in [5.74, 6) is 0.394. The molecule has 0 radical (unpaired) electrons.